The molecular weight excluding hydrogens is 320 g/mol. The molecule has 1 N–H and O–H groups in total. The maximum absolute atomic E-state index is 12.8. The summed E-state index contributed by atoms with van der Waals surface area (Å²) in [6.07, 6.45) is 2.23. The van der Waals surface area contributed by atoms with Crippen molar-refractivity contribution in [1.29, 1.82) is 0 Å². The van der Waals surface area contributed by atoms with Crippen molar-refractivity contribution >= 4 is 11.9 Å². The summed E-state index contributed by atoms with van der Waals surface area (Å²) in [5.74, 6) is -0.984. The Morgan fingerprint density at radius 2 is 1.96 bits per heavy atom. The van der Waals surface area contributed by atoms with E-state index in [4.69, 9.17) is 9.84 Å². The number of amides is 1. The Balaban J connectivity index is 1.64. The largest absolute Gasteiger partial charge is 0.481 e. The van der Waals surface area contributed by atoms with E-state index in [0.29, 0.717) is 25.4 Å². The van der Waals surface area contributed by atoms with Gasteiger partial charge in [0.05, 0.1) is 19.1 Å². The first kappa shape index (κ1) is 17.2. The standard InChI is InChI=1S/C19H22N2O4/c22-18(23)13-16-14-21(11-12-25-16)19(24)17-7-4-9-20(17)10-8-15-5-2-1-3-6-15/h1-7,9,16H,8,10-14H2,(H,22,23)/t16-/m1/s1. The zero-order valence-corrected chi connectivity index (χ0v) is 14.0. The zero-order valence-electron chi connectivity index (χ0n) is 14.0. The summed E-state index contributed by atoms with van der Waals surface area (Å²) in [4.78, 5) is 25.4. The minimum atomic E-state index is -0.912. The highest BCUT2D eigenvalue weighted by Gasteiger charge is 2.27. The normalized spacial score (nSPS) is 17.4. The molecule has 1 atom stereocenters. The predicted octanol–water partition coefficient (Wildman–Crippen LogP) is 2.05. The van der Waals surface area contributed by atoms with Gasteiger partial charge in [-0.2, -0.15) is 0 Å². The first-order chi connectivity index (χ1) is 12.1. The van der Waals surface area contributed by atoms with Crippen molar-refractivity contribution in [3.8, 4) is 0 Å². The molecule has 0 radical (unpaired) electrons. The average Bonchev–Trinajstić information content (AvgIpc) is 3.08. The molecule has 1 saturated heterocycles. The molecule has 1 fully saturated rings. The number of aromatic nitrogens is 1. The lowest BCUT2D eigenvalue weighted by Gasteiger charge is -2.32. The minimum absolute atomic E-state index is 0.0725. The van der Waals surface area contributed by atoms with E-state index >= 15 is 0 Å². The zero-order chi connectivity index (χ0) is 17.6. The lowest BCUT2D eigenvalue weighted by molar-refractivity contribution is -0.141. The average molecular weight is 342 g/mol. The molecule has 1 aromatic carbocycles. The van der Waals surface area contributed by atoms with Crippen molar-refractivity contribution in [3.63, 3.8) is 0 Å². The number of hydrogen-bond acceptors (Lipinski definition) is 3. The Bertz CT molecular complexity index is 726. The number of carboxylic acids is 1. The van der Waals surface area contributed by atoms with Crippen LogP contribution in [-0.4, -0.2) is 52.3 Å². The summed E-state index contributed by atoms with van der Waals surface area (Å²) in [6, 6.07) is 13.8. The lowest BCUT2D eigenvalue weighted by Crippen LogP contribution is -2.46. The second-order valence-corrected chi connectivity index (χ2v) is 6.16. The highest BCUT2D eigenvalue weighted by molar-refractivity contribution is 5.93. The highest BCUT2D eigenvalue weighted by Crippen LogP contribution is 2.14. The van der Waals surface area contributed by atoms with Gasteiger partial charge in [-0.3, -0.25) is 9.59 Å². The second kappa shape index (κ2) is 7.98. The van der Waals surface area contributed by atoms with Crippen LogP contribution in [0.2, 0.25) is 0 Å². The molecule has 25 heavy (non-hydrogen) atoms. The van der Waals surface area contributed by atoms with E-state index in [0.717, 1.165) is 13.0 Å². The van der Waals surface area contributed by atoms with Crippen molar-refractivity contribution in [2.75, 3.05) is 19.7 Å². The van der Waals surface area contributed by atoms with Crippen LogP contribution < -0.4 is 0 Å². The van der Waals surface area contributed by atoms with Crippen LogP contribution >= 0.6 is 0 Å². The third-order valence-electron chi connectivity index (χ3n) is 4.36. The van der Waals surface area contributed by atoms with Gasteiger partial charge in [-0.1, -0.05) is 30.3 Å². The topological polar surface area (TPSA) is 71.8 Å². The van der Waals surface area contributed by atoms with Crippen molar-refractivity contribution < 1.29 is 19.4 Å². The van der Waals surface area contributed by atoms with Crippen LogP contribution in [-0.2, 0) is 22.5 Å². The molecule has 2 heterocycles. The molecule has 1 aromatic heterocycles. The van der Waals surface area contributed by atoms with Gasteiger partial charge >= 0.3 is 5.97 Å². The second-order valence-electron chi connectivity index (χ2n) is 6.16. The summed E-state index contributed by atoms with van der Waals surface area (Å²) in [6.45, 7) is 1.89. The fourth-order valence-corrected chi connectivity index (χ4v) is 3.08. The molecule has 6 heteroatoms. The number of hydrogen-bond donors (Lipinski definition) is 1. The fraction of sp³-hybridized carbons (Fsp3) is 0.368. The van der Waals surface area contributed by atoms with Crippen LogP contribution in [0.5, 0.6) is 0 Å². The SMILES string of the molecule is O=C(O)C[C@@H]1CN(C(=O)c2cccn2CCc2ccccc2)CCO1. The first-order valence-corrected chi connectivity index (χ1v) is 8.45. The smallest absolute Gasteiger partial charge is 0.306 e. The maximum atomic E-state index is 12.8. The quantitative estimate of drug-likeness (QED) is 0.872. The van der Waals surface area contributed by atoms with E-state index in [2.05, 4.69) is 12.1 Å². The van der Waals surface area contributed by atoms with Crippen LogP contribution in [0.4, 0.5) is 0 Å². The third-order valence-corrected chi connectivity index (χ3v) is 4.36. The van der Waals surface area contributed by atoms with Gasteiger partial charge in [0.15, 0.2) is 0 Å². The summed E-state index contributed by atoms with van der Waals surface area (Å²) >= 11 is 0. The molecule has 0 bridgehead atoms. The van der Waals surface area contributed by atoms with Gasteiger partial charge in [0.1, 0.15) is 5.69 Å². The van der Waals surface area contributed by atoms with Crippen LogP contribution in [0.25, 0.3) is 0 Å². The fourth-order valence-electron chi connectivity index (χ4n) is 3.08. The van der Waals surface area contributed by atoms with Crippen LogP contribution in [0.15, 0.2) is 48.7 Å². The molecule has 1 aliphatic heterocycles. The Morgan fingerprint density at radius 3 is 2.72 bits per heavy atom. The minimum Gasteiger partial charge on any atom is -0.481 e. The molecule has 1 amide bonds. The maximum Gasteiger partial charge on any atom is 0.306 e. The molecule has 0 spiro atoms. The molecule has 3 rings (SSSR count). The molecule has 6 nitrogen and oxygen atoms in total. The van der Waals surface area contributed by atoms with Gasteiger partial charge < -0.3 is 19.3 Å². The monoisotopic (exact) mass is 342 g/mol. The Kier molecular flexibility index (Phi) is 5.50. The molecular formula is C19H22N2O4. The van der Waals surface area contributed by atoms with Gasteiger partial charge in [0.2, 0.25) is 0 Å². The number of carbonyl (C=O) groups excluding carboxylic acids is 1. The predicted molar refractivity (Wildman–Crippen MR) is 92.5 cm³/mol. The molecule has 0 aliphatic carbocycles. The number of morpholine rings is 1. The van der Waals surface area contributed by atoms with E-state index in [1.807, 2.05) is 41.1 Å². The van der Waals surface area contributed by atoms with E-state index in [1.54, 1.807) is 4.90 Å². The van der Waals surface area contributed by atoms with E-state index in [-0.39, 0.29) is 12.3 Å². The summed E-state index contributed by atoms with van der Waals surface area (Å²) in [5, 5.41) is 8.91. The summed E-state index contributed by atoms with van der Waals surface area (Å²) in [7, 11) is 0. The molecule has 1 aliphatic rings. The van der Waals surface area contributed by atoms with Crippen molar-refractivity contribution in [2.24, 2.45) is 0 Å². The van der Waals surface area contributed by atoms with Crippen molar-refractivity contribution in [3.05, 3.63) is 59.9 Å². The van der Waals surface area contributed by atoms with E-state index in [1.165, 1.54) is 5.56 Å². The molecule has 132 valence electrons. The van der Waals surface area contributed by atoms with Crippen LogP contribution in [0, 0.1) is 0 Å². The summed E-state index contributed by atoms with van der Waals surface area (Å²) in [5.41, 5.74) is 1.86. The Labute approximate surface area is 146 Å². The lowest BCUT2D eigenvalue weighted by atomic mass is 10.1. The first-order valence-electron chi connectivity index (χ1n) is 8.45. The number of carboxylic acid groups (broad SMARTS) is 1. The van der Waals surface area contributed by atoms with E-state index < -0.39 is 12.1 Å². The number of ether oxygens (including phenoxy) is 1. The van der Waals surface area contributed by atoms with Gasteiger partial charge in [-0.25, -0.2) is 0 Å². The van der Waals surface area contributed by atoms with Gasteiger partial charge in [0, 0.05) is 25.8 Å². The number of carbonyl (C=O) groups is 2. The Hall–Kier alpha value is -2.60. The van der Waals surface area contributed by atoms with Gasteiger partial charge in [0.25, 0.3) is 5.91 Å². The number of aryl methyl sites for hydroxylation is 2. The number of aliphatic carboxylic acids is 1. The van der Waals surface area contributed by atoms with Crippen molar-refractivity contribution in [1.82, 2.24) is 9.47 Å². The van der Waals surface area contributed by atoms with Gasteiger partial charge in [-0.05, 0) is 24.1 Å². The number of benzene rings is 1. The molecule has 0 unspecified atom stereocenters. The highest BCUT2D eigenvalue weighted by atomic mass is 16.5. The molecule has 2 aromatic rings. The van der Waals surface area contributed by atoms with E-state index in [9.17, 15) is 9.59 Å². The van der Waals surface area contributed by atoms with Crippen LogP contribution in [0.3, 0.4) is 0 Å². The Morgan fingerprint density at radius 1 is 1.16 bits per heavy atom. The van der Waals surface area contributed by atoms with Crippen LogP contribution in [0.1, 0.15) is 22.5 Å². The van der Waals surface area contributed by atoms with Crippen molar-refractivity contribution in [2.45, 2.75) is 25.5 Å². The molecule has 0 saturated carbocycles. The number of nitrogens with zero attached hydrogens (tertiary/aromatic N) is 2. The summed E-state index contributed by atoms with van der Waals surface area (Å²) < 4.78 is 7.40. The third kappa shape index (κ3) is 4.48. The van der Waals surface area contributed by atoms with Gasteiger partial charge in [-0.15, -0.1) is 0 Å². The number of rotatable bonds is 6.